The van der Waals surface area contributed by atoms with Gasteiger partial charge >= 0.3 is 0 Å². The fourth-order valence-corrected chi connectivity index (χ4v) is 0.585. The second kappa shape index (κ2) is 1.29. The molecule has 0 bridgehead atoms. The lowest BCUT2D eigenvalue weighted by molar-refractivity contribution is -0.118. The fourth-order valence-electron chi connectivity index (χ4n) is 0.585. The maximum absolute atomic E-state index is 11.8. The maximum Gasteiger partial charge on any atom is 0.135 e. The Balaban J connectivity index is 2.33. The number of carbonyl (C=O) groups is 1. The summed E-state index contributed by atoms with van der Waals surface area (Å²) in [4.78, 5) is 10.2. The molecule has 0 saturated heterocycles. The minimum atomic E-state index is -0.808. The zero-order chi connectivity index (χ0) is 5.44. The van der Waals surface area contributed by atoms with E-state index >= 15 is 0 Å². The fraction of sp³-hybridized carbons (Fsp3) is 0.800. The summed E-state index contributed by atoms with van der Waals surface area (Å²) in [6, 6.07) is 0. The number of alkyl halides is 1. The third-order valence-electron chi connectivity index (χ3n) is 1.23. The topological polar surface area (TPSA) is 17.1 Å². The Morgan fingerprint density at radius 1 is 1.86 bits per heavy atom. The first-order valence-electron chi connectivity index (χ1n) is 2.36. The lowest BCUT2D eigenvalue weighted by Crippen LogP contribution is -1.93. The van der Waals surface area contributed by atoms with E-state index in [4.69, 9.17) is 0 Å². The Labute approximate surface area is 41.5 Å². The Kier molecular flexibility index (Phi) is 0.873. The average molecular weight is 102 g/mol. The predicted molar refractivity (Wildman–Crippen MR) is 23.7 cm³/mol. The Bertz CT molecular complexity index is 100. The lowest BCUT2D eigenvalue weighted by Gasteiger charge is -1.78. The second-order valence-corrected chi connectivity index (χ2v) is 1.97. The maximum atomic E-state index is 11.8. The number of carbonyl (C=O) groups excluding carboxylic acids is 1. The molecule has 1 unspecified atom stereocenters. The van der Waals surface area contributed by atoms with E-state index in [0.717, 1.165) is 0 Å². The van der Waals surface area contributed by atoms with Crippen LogP contribution in [-0.2, 0) is 4.79 Å². The number of hydrogen-bond acceptors (Lipinski definition) is 1. The molecule has 0 N–H and O–H groups in total. The zero-order valence-corrected chi connectivity index (χ0v) is 4.15. The van der Waals surface area contributed by atoms with Crippen molar-refractivity contribution in [3.05, 3.63) is 0 Å². The van der Waals surface area contributed by atoms with Crippen molar-refractivity contribution < 1.29 is 9.18 Å². The number of hydrogen-bond donors (Lipinski definition) is 0. The summed E-state index contributed by atoms with van der Waals surface area (Å²) in [6.07, 6.45) is -0.340. The van der Waals surface area contributed by atoms with Crippen LogP contribution < -0.4 is 0 Å². The van der Waals surface area contributed by atoms with Gasteiger partial charge in [0.05, 0.1) is 5.92 Å². The third-order valence-corrected chi connectivity index (χ3v) is 1.23. The highest BCUT2D eigenvalue weighted by atomic mass is 19.1. The molecule has 2 atom stereocenters. The van der Waals surface area contributed by atoms with Gasteiger partial charge in [-0.3, -0.25) is 4.79 Å². The van der Waals surface area contributed by atoms with Crippen molar-refractivity contribution in [1.82, 2.24) is 0 Å². The van der Waals surface area contributed by atoms with E-state index in [1.807, 2.05) is 0 Å². The molecule has 1 rings (SSSR count). The average Bonchev–Trinajstić information content (AvgIpc) is 2.17. The first kappa shape index (κ1) is 4.75. The largest absolute Gasteiger partial charge is 0.300 e. The summed E-state index contributed by atoms with van der Waals surface area (Å²) >= 11 is 0. The summed E-state index contributed by atoms with van der Waals surface area (Å²) in [5.41, 5.74) is 0. The van der Waals surface area contributed by atoms with E-state index in [1.165, 1.54) is 6.92 Å². The number of ketones is 1. The van der Waals surface area contributed by atoms with Gasteiger partial charge in [0.15, 0.2) is 0 Å². The molecule has 0 spiro atoms. The van der Waals surface area contributed by atoms with Crippen molar-refractivity contribution in [2.45, 2.75) is 19.5 Å². The number of Topliss-reactive ketones (excluding diaryl/α,β-unsaturated/α-hetero) is 1. The molecule has 0 aromatic rings. The van der Waals surface area contributed by atoms with Crippen LogP contribution in [0.25, 0.3) is 0 Å². The van der Waals surface area contributed by atoms with Crippen LogP contribution in [0.5, 0.6) is 0 Å². The van der Waals surface area contributed by atoms with Crippen LogP contribution in [0.4, 0.5) is 4.39 Å². The molecule has 0 aromatic heterocycles. The van der Waals surface area contributed by atoms with Crippen LogP contribution in [0.1, 0.15) is 13.3 Å². The third kappa shape index (κ3) is 0.787. The van der Waals surface area contributed by atoms with E-state index in [-0.39, 0.29) is 11.7 Å². The van der Waals surface area contributed by atoms with Gasteiger partial charge in [-0.05, 0) is 13.3 Å². The molecule has 0 amide bonds. The molecule has 0 aliphatic heterocycles. The summed E-state index contributed by atoms with van der Waals surface area (Å²) in [6.45, 7) is 1.43. The second-order valence-electron chi connectivity index (χ2n) is 1.97. The van der Waals surface area contributed by atoms with E-state index in [9.17, 15) is 9.18 Å². The molecule has 0 aromatic carbocycles. The lowest BCUT2D eigenvalue weighted by atomic mass is 10.3. The molecular weight excluding hydrogens is 95.1 g/mol. The van der Waals surface area contributed by atoms with Gasteiger partial charge in [0.1, 0.15) is 12.0 Å². The van der Waals surface area contributed by atoms with Crippen molar-refractivity contribution in [1.29, 1.82) is 0 Å². The molecular formula is C5H7FO. The summed E-state index contributed by atoms with van der Waals surface area (Å²) < 4.78 is 11.8. The van der Waals surface area contributed by atoms with Gasteiger partial charge in [0.2, 0.25) is 0 Å². The highest BCUT2D eigenvalue weighted by Crippen LogP contribution is 2.33. The van der Waals surface area contributed by atoms with Crippen molar-refractivity contribution in [3.63, 3.8) is 0 Å². The normalized spacial score (nSPS) is 38.0. The van der Waals surface area contributed by atoms with Gasteiger partial charge in [-0.15, -0.1) is 0 Å². The van der Waals surface area contributed by atoms with Crippen molar-refractivity contribution >= 4 is 5.78 Å². The number of halogens is 1. The Morgan fingerprint density at radius 2 is 2.29 bits per heavy atom. The van der Waals surface area contributed by atoms with Crippen molar-refractivity contribution in [2.24, 2.45) is 5.92 Å². The Morgan fingerprint density at radius 3 is 2.29 bits per heavy atom. The summed E-state index contributed by atoms with van der Waals surface area (Å²) in [5.74, 6) is -0.243. The van der Waals surface area contributed by atoms with Crippen LogP contribution in [0.2, 0.25) is 0 Å². The van der Waals surface area contributed by atoms with Crippen LogP contribution in [0, 0.1) is 5.92 Å². The van der Waals surface area contributed by atoms with Crippen LogP contribution in [0.15, 0.2) is 0 Å². The minimum absolute atomic E-state index is 0.00694. The molecule has 7 heavy (non-hydrogen) atoms. The molecule has 2 heteroatoms. The quantitative estimate of drug-likeness (QED) is 0.481. The van der Waals surface area contributed by atoms with E-state index in [0.29, 0.717) is 6.42 Å². The highest BCUT2D eigenvalue weighted by molar-refractivity contribution is 5.81. The first-order valence-corrected chi connectivity index (χ1v) is 2.36. The monoisotopic (exact) mass is 102 g/mol. The van der Waals surface area contributed by atoms with E-state index in [2.05, 4.69) is 0 Å². The van der Waals surface area contributed by atoms with E-state index < -0.39 is 6.17 Å². The van der Waals surface area contributed by atoms with E-state index in [1.54, 1.807) is 0 Å². The zero-order valence-electron chi connectivity index (χ0n) is 4.15. The molecule has 1 aliphatic rings. The Hall–Kier alpha value is -0.400. The SMILES string of the molecule is CC(=O)C1C[C@@H]1F. The minimum Gasteiger partial charge on any atom is -0.300 e. The van der Waals surface area contributed by atoms with Gasteiger partial charge in [0, 0.05) is 0 Å². The smallest absolute Gasteiger partial charge is 0.135 e. The molecule has 40 valence electrons. The summed E-state index contributed by atoms with van der Waals surface area (Å²) in [5, 5.41) is 0. The van der Waals surface area contributed by atoms with Gasteiger partial charge in [-0.2, -0.15) is 0 Å². The standard InChI is InChI=1S/C5H7FO/c1-3(7)4-2-5(4)6/h4-5H,2H2,1H3/t4?,5-/m0/s1. The molecule has 1 aliphatic carbocycles. The predicted octanol–water partition coefficient (Wildman–Crippen LogP) is 0.933. The van der Waals surface area contributed by atoms with Crippen LogP contribution in [-0.4, -0.2) is 12.0 Å². The van der Waals surface area contributed by atoms with Crippen LogP contribution in [0.3, 0.4) is 0 Å². The molecule has 1 fully saturated rings. The highest BCUT2D eigenvalue weighted by Gasteiger charge is 2.40. The van der Waals surface area contributed by atoms with Crippen molar-refractivity contribution in [3.8, 4) is 0 Å². The molecule has 1 nitrogen and oxygen atoms in total. The summed E-state index contributed by atoms with van der Waals surface area (Å²) in [7, 11) is 0. The van der Waals surface area contributed by atoms with Gasteiger partial charge in [0.25, 0.3) is 0 Å². The molecule has 1 saturated carbocycles. The van der Waals surface area contributed by atoms with Crippen molar-refractivity contribution in [2.75, 3.05) is 0 Å². The number of rotatable bonds is 1. The molecule has 0 heterocycles. The van der Waals surface area contributed by atoms with Gasteiger partial charge < -0.3 is 0 Å². The molecule has 0 radical (unpaired) electrons. The van der Waals surface area contributed by atoms with Crippen LogP contribution >= 0.6 is 0 Å². The van der Waals surface area contributed by atoms with Gasteiger partial charge in [-0.1, -0.05) is 0 Å². The first-order chi connectivity index (χ1) is 3.22. The van der Waals surface area contributed by atoms with Gasteiger partial charge in [-0.25, -0.2) is 4.39 Å².